The molecule has 1 aliphatic rings. The van der Waals surface area contributed by atoms with Crippen LogP contribution in [-0.2, 0) is 0 Å². The van der Waals surface area contributed by atoms with Gasteiger partial charge in [0.1, 0.15) is 10.7 Å². The molecular weight excluding hydrogens is 417 g/mol. The van der Waals surface area contributed by atoms with Gasteiger partial charge in [-0.05, 0) is 48.6 Å². The molecule has 2 heterocycles. The van der Waals surface area contributed by atoms with Crippen LogP contribution in [0, 0.1) is 0 Å². The molecular formula is C17H20F5N5OS. The summed E-state index contributed by atoms with van der Waals surface area (Å²) in [5.41, 5.74) is 17.5. The van der Waals surface area contributed by atoms with Crippen molar-refractivity contribution in [1.82, 2.24) is 9.88 Å². The molecule has 12 heteroatoms. The number of rotatable bonds is 3. The molecule has 6 N–H and O–H groups in total. The van der Waals surface area contributed by atoms with Crippen LogP contribution in [0.15, 0.2) is 35.4 Å². The molecule has 160 valence electrons. The third-order valence-electron chi connectivity index (χ3n) is 4.98. The highest BCUT2D eigenvalue weighted by Crippen LogP contribution is 3.02. The van der Waals surface area contributed by atoms with Crippen molar-refractivity contribution in [2.24, 2.45) is 0 Å². The maximum absolute atomic E-state index is 12.9. The van der Waals surface area contributed by atoms with Gasteiger partial charge in [0, 0.05) is 25.0 Å². The van der Waals surface area contributed by atoms with Crippen LogP contribution in [0.1, 0.15) is 34.7 Å². The Labute approximate surface area is 163 Å². The Morgan fingerprint density at radius 2 is 1.66 bits per heavy atom. The molecule has 0 aliphatic carbocycles. The number of anilines is 3. The average Bonchev–Trinajstić information content (AvgIpc) is 2.62. The zero-order valence-electron chi connectivity index (χ0n) is 15.1. The number of amides is 1. The molecule has 1 aromatic heterocycles. The fourth-order valence-electron chi connectivity index (χ4n) is 3.40. The van der Waals surface area contributed by atoms with Crippen LogP contribution in [0.2, 0.25) is 0 Å². The standard InChI is InChI=1S/C17H20F5N5OS/c18-29(19,20,21,22)11-1-2-13(14(23)9-11)17(28)27-7-4-10(5-8-27)12-3-6-26-16(25)15(12)24/h1-3,6,9-10H,4-5,7-8,23-24H2,(H2,25,26). The summed E-state index contributed by atoms with van der Waals surface area (Å²) in [5, 5.41) is 0. The van der Waals surface area contributed by atoms with Crippen LogP contribution < -0.4 is 17.2 Å². The number of benzene rings is 1. The van der Waals surface area contributed by atoms with Gasteiger partial charge < -0.3 is 22.1 Å². The molecule has 0 bridgehead atoms. The maximum atomic E-state index is 12.9. The molecule has 2 aromatic rings. The first-order chi connectivity index (χ1) is 13.2. The first-order valence-corrected chi connectivity index (χ1v) is 10.6. The predicted molar refractivity (Wildman–Crippen MR) is 103 cm³/mol. The van der Waals surface area contributed by atoms with E-state index in [9.17, 15) is 24.2 Å². The van der Waals surface area contributed by atoms with Crippen LogP contribution in [0.25, 0.3) is 0 Å². The Bertz CT molecular complexity index is 975. The first kappa shape index (κ1) is 21.0. The summed E-state index contributed by atoms with van der Waals surface area (Å²) in [6.45, 7) is 0.599. The minimum Gasteiger partial charge on any atom is -0.398 e. The van der Waals surface area contributed by atoms with Crippen LogP contribution in [0.5, 0.6) is 0 Å². The Morgan fingerprint density at radius 3 is 2.21 bits per heavy atom. The Balaban J connectivity index is 1.75. The second-order valence-corrected chi connectivity index (χ2v) is 9.39. The third kappa shape index (κ3) is 4.31. The van der Waals surface area contributed by atoms with Gasteiger partial charge in [0.05, 0.1) is 11.3 Å². The smallest absolute Gasteiger partial charge is 0.310 e. The van der Waals surface area contributed by atoms with Crippen molar-refractivity contribution < 1.29 is 24.2 Å². The lowest BCUT2D eigenvalue weighted by Crippen LogP contribution is -2.38. The highest BCUT2D eigenvalue weighted by Gasteiger charge is 2.65. The average molecular weight is 437 g/mol. The number of carbonyl (C=O) groups excluding carboxylic acids is 1. The van der Waals surface area contributed by atoms with E-state index >= 15 is 0 Å². The fourth-order valence-corrected chi connectivity index (χ4v) is 4.08. The Hall–Kier alpha value is -2.76. The molecule has 29 heavy (non-hydrogen) atoms. The van der Waals surface area contributed by atoms with Crippen LogP contribution >= 0.6 is 10.2 Å². The van der Waals surface area contributed by atoms with Gasteiger partial charge in [-0.25, -0.2) is 4.98 Å². The number of nitrogens with two attached hydrogens (primary N) is 3. The predicted octanol–water partition coefficient (Wildman–Crippen LogP) is 4.51. The van der Waals surface area contributed by atoms with Crippen molar-refractivity contribution in [2.75, 3.05) is 30.3 Å². The molecule has 0 unspecified atom stereocenters. The van der Waals surface area contributed by atoms with E-state index < -0.39 is 26.7 Å². The molecule has 1 saturated heterocycles. The van der Waals surface area contributed by atoms with Gasteiger partial charge in [-0.1, -0.05) is 19.4 Å². The molecule has 3 rings (SSSR count). The number of carbonyl (C=O) groups is 1. The molecule has 1 amide bonds. The van der Waals surface area contributed by atoms with Gasteiger partial charge in [-0.3, -0.25) is 4.79 Å². The fraction of sp³-hybridized carbons (Fsp3) is 0.294. The first-order valence-electron chi connectivity index (χ1n) is 8.60. The van der Waals surface area contributed by atoms with E-state index in [4.69, 9.17) is 17.2 Å². The zero-order valence-corrected chi connectivity index (χ0v) is 15.9. The molecule has 0 atom stereocenters. The van der Waals surface area contributed by atoms with Gasteiger partial charge in [-0.2, -0.15) is 0 Å². The number of nitrogens with zero attached hydrogens (tertiary/aromatic N) is 2. The Morgan fingerprint density at radius 1 is 1.03 bits per heavy atom. The number of nitrogen functional groups attached to an aromatic ring is 3. The van der Waals surface area contributed by atoms with Crippen LogP contribution in [-0.4, -0.2) is 28.9 Å². The monoisotopic (exact) mass is 437 g/mol. The van der Waals surface area contributed by atoms with E-state index in [-0.39, 0.29) is 29.4 Å². The second kappa shape index (κ2) is 6.12. The van der Waals surface area contributed by atoms with Crippen LogP contribution in [0.4, 0.5) is 36.6 Å². The largest absolute Gasteiger partial charge is 0.398 e. The molecule has 0 saturated carbocycles. The lowest BCUT2D eigenvalue weighted by Gasteiger charge is -2.40. The van der Waals surface area contributed by atoms with Crippen molar-refractivity contribution in [1.29, 1.82) is 0 Å². The zero-order chi connectivity index (χ0) is 21.7. The van der Waals surface area contributed by atoms with Crippen molar-refractivity contribution >= 4 is 33.3 Å². The highest BCUT2D eigenvalue weighted by atomic mass is 32.5. The van der Waals surface area contributed by atoms with Crippen molar-refractivity contribution in [3.8, 4) is 0 Å². The third-order valence-corrected chi connectivity index (χ3v) is 6.12. The molecule has 6 nitrogen and oxygen atoms in total. The van der Waals surface area contributed by atoms with E-state index in [1.54, 1.807) is 12.3 Å². The molecule has 1 fully saturated rings. The molecule has 1 aliphatic heterocycles. The summed E-state index contributed by atoms with van der Waals surface area (Å²) in [5.74, 6) is -0.355. The van der Waals surface area contributed by atoms with Crippen molar-refractivity contribution in [3.05, 3.63) is 41.6 Å². The lowest BCUT2D eigenvalue weighted by atomic mass is 9.88. The number of likely N-dealkylation sites (tertiary alicyclic amines) is 1. The summed E-state index contributed by atoms with van der Waals surface area (Å²) in [7, 11) is -9.86. The second-order valence-electron chi connectivity index (χ2n) is 6.98. The summed E-state index contributed by atoms with van der Waals surface area (Å²) >= 11 is 0. The summed E-state index contributed by atoms with van der Waals surface area (Å²) in [6.07, 6.45) is 2.63. The number of halogens is 5. The normalized spacial score (nSPS) is 18.2. The van der Waals surface area contributed by atoms with E-state index in [1.807, 2.05) is 0 Å². The molecule has 0 radical (unpaired) electrons. The van der Waals surface area contributed by atoms with E-state index in [2.05, 4.69) is 4.98 Å². The molecule has 1 aromatic carbocycles. The van der Waals surface area contributed by atoms with Gasteiger partial charge in [0.2, 0.25) is 0 Å². The quantitative estimate of drug-likeness (QED) is 0.483. The van der Waals surface area contributed by atoms with Gasteiger partial charge in [0.25, 0.3) is 5.91 Å². The number of piperidine rings is 1. The van der Waals surface area contributed by atoms with E-state index in [1.165, 1.54) is 4.90 Å². The van der Waals surface area contributed by atoms with E-state index in [0.717, 1.165) is 5.56 Å². The number of hydrogen-bond donors (Lipinski definition) is 3. The summed E-state index contributed by atoms with van der Waals surface area (Å²) in [6, 6.07) is 2.75. The van der Waals surface area contributed by atoms with Crippen molar-refractivity contribution in [2.45, 2.75) is 23.7 Å². The Kier molecular flexibility index (Phi) is 4.42. The summed E-state index contributed by atoms with van der Waals surface area (Å²) < 4.78 is 64.5. The highest BCUT2D eigenvalue weighted by molar-refractivity contribution is 8.45. The topological polar surface area (TPSA) is 111 Å². The van der Waals surface area contributed by atoms with Gasteiger partial charge in [0.15, 0.2) is 0 Å². The minimum atomic E-state index is -9.86. The minimum absolute atomic E-state index is 0.0391. The SMILES string of the molecule is Nc1cc(S(F)(F)(F)(F)F)ccc1C(=O)N1CCC(c2ccnc(N)c2N)CC1. The number of aromatic nitrogens is 1. The number of hydrogen-bond acceptors (Lipinski definition) is 5. The molecule has 0 spiro atoms. The van der Waals surface area contributed by atoms with Crippen molar-refractivity contribution in [3.63, 3.8) is 0 Å². The van der Waals surface area contributed by atoms with E-state index in [0.29, 0.717) is 37.7 Å². The number of pyridine rings is 1. The maximum Gasteiger partial charge on any atom is 0.310 e. The van der Waals surface area contributed by atoms with Gasteiger partial charge in [-0.15, -0.1) is 0 Å². The summed E-state index contributed by atoms with van der Waals surface area (Å²) in [4.78, 5) is 15.8. The van der Waals surface area contributed by atoms with Gasteiger partial charge >= 0.3 is 10.2 Å². The lowest BCUT2D eigenvalue weighted by molar-refractivity contribution is 0.0714. The van der Waals surface area contributed by atoms with Crippen LogP contribution in [0.3, 0.4) is 0 Å².